The van der Waals surface area contributed by atoms with Gasteiger partial charge in [0.25, 0.3) is 0 Å². The summed E-state index contributed by atoms with van der Waals surface area (Å²) < 4.78 is 1.17. The Morgan fingerprint density at radius 3 is 2.83 bits per heavy atom. The Kier molecular flexibility index (Phi) is 5.18. The van der Waals surface area contributed by atoms with Gasteiger partial charge in [-0.2, -0.15) is 0 Å². The molecule has 1 unspecified atom stereocenters. The number of pyridine rings is 1. The van der Waals surface area contributed by atoms with Crippen LogP contribution in [0.15, 0.2) is 34.2 Å². The first-order chi connectivity index (χ1) is 8.70. The molecule has 0 spiro atoms. The minimum Gasteiger partial charge on any atom is -0.309 e. The van der Waals surface area contributed by atoms with Crippen molar-refractivity contribution < 1.29 is 0 Å². The average molecular weight is 346 g/mol. The molecule has 0 bridgehead atoms. The third-order valence-electron chi connectivity index (χ3n) is 2.64. The first-order valence-corrected chi connectivity index (χ1v) is 7.82. The van der Waals surface area contributed by atoms with Gasteiger partial charge in [0, 0.05) is 22.0 Å². The third kappa shape index (κ3) is 3.54. The molecule has 0 aliphatic carbocycles. The summed E-state index contributed by atoms with van der Waals surface area (Å²) in [6, 6.07) is 6.18. The predicted octanol–water partition coefficient (Wildman–Crippen LogP) is 4.45. The summed E-state index contributed by atoms with van der Waals surface area (Å²) >= 11 is 11.2. The molecule has 0 aliphatic rings. The van der Waals surface area contributed by atoms with E-state index in [-0.39, 0.29) is 6.04 Å². The van der Waals surface area contributed by atoms with Gasteiger partial charge in [0.2, 0.25) is 0 Å². The maximum absolute atomic E-state index is 5.87. The van der Waals surface area contributed by atoms with Gasteiger partial charge in [-0.25, -0.2) is 0 Å². The number of halogens is 2. The van der Waals surface area contributed by atoms with Crippen molar-refractivity contribution in [2.45, 2.75) is 19.4 Å². The number of hydrogen-bond donors (Lipinski definition) is 1. The highest BCUT2D eigenvalue weighted by Crippen LogP contribution is 2.28. The number of nitrogens with one attached hydrogen (secondary N) is 1. The van der Waals surface area contributed by atoms with E-state index in [1.165, 1.54) is 9.35 Å². The van der Waals surface area contributed by atoms with Crippen LogP contribution in [0.3, 0.4) is 0 Å². The van der Waals surface area contributed by atoms with Crippen LogP contribution in [0.2, 0.25) is 5.02 Å². The van der Waals surface area contributed by atoms with E-state index in [0.717, 1.165) is 18.7 Å². The SMILES string of the molecule is CCNC(Cc1sccc1Br)c1ccc(Cl)cn1. The predicted molar refractivity (Wildman–Crippen MR) is 81.4 cm³/mol. The van der Waals surface area contributed by atoms with Crippen molar-refractivity contribution >= 4 is 38.9 Å². The lowest BCUT2D eigenvalue weighted by atomic mass is 10.1. The molecule has 0 fully saturated rings. The van der Waals surface area contributed by atoms with E-state index in [2.05, 4.69) is 44.6 Å². The van der Waals surface area contributed by atoms with E-state index >= 15 is 0 Å². The van der Waals surface area contributed by atoms with Crippen LogP contribution < -0.4 is 5.32 Å². The van der Waals surface area contributed by atoms with Crippen LogP contribution in [0.4, 0.5) is 0 Å². The maximum Gasteiger partial charge on any atom is 0.0589 e. The van der Waals surface area contributed by atoms with Gasteiger partial charge in [0.1, 0.15) is 0 Å². The zero-order chi connectivity index (χ0) is 13.0. The number of rotatable bonds is 5. The maximum atomic E-state index is 5.87. The van der Waals surface area contributed by atoms with Gasteiger partial charge in [0.15, 0.2) is 0 Å². The minimum absolute atomic E-state index is 0.224. The van der Waals surface area contributed by atoms with E-state index in [4.69, 9.17) is 11.6 Å². The number of aromatic nitrogens is 1. The largest absolute Gasteiger partial charge is 0.309 e. The minimum atomic E-state index is 0.224. The van der Waals surface area contributed by atoms with Gasteiger partial charge in [-0.05, 0) is 46.1 Å². The Hall–Kier alpha value is -0.420. The molecule has 0 aliphatic heterocycles. The highest BCUT2D eigenvalue weighted by atomic mass is 79.9. The second kappa shape index (κ2) is 6.66. The van der Waals surface area contributed by atoms with Crippen LogP contribution in [-0.2, 0) is 6.42 Å². The second-order valence-corrected chi connectivity index (χ2v) is 6.20. The molecule has 5 heteroatoms. The van der Waals surface area contributed by atoms with Gasteiger partial charge in [-0.3, -0.25) is 4.98 Å². The molecule has 2 aromatic heterocycles. The van der Waals surface area contributed by atoms with Crippen molar-refractivity contribution in [2.75, 3.05) is 6.54 Å². The number of likely N-dealkylation sites (N-methyl/N-ethyl adjacent to an activating group) is 1. The fraction of sp³-hybridized carbons (Fsp3) is 0.308. The highest BCUT2D eigenvalue weighted by Gasteiger charge is 2.14. The van der Waals surface area contributed by atoms with Crippen molar-refractivity contribution in [3.05, 3.63) is 49.8 Å². The number of thiophene rings is 1. The summed E-state index contributed by atoms with van der Waals surface area (Å²) in [5, 5.41) is 6.23. The lowest BCUT2D eigenvalue weighted by Gasteiger charge is -2.17. The number of hydrogen-bond acceptors (Lipinski definition) is 3. The standard InChI is InChI=1S/C13H14BrClN2S/c1-2-16-12(7-13-10(14)5-6-18-13)11-4-3-9(15)8-17-11/h3-6,8,12,16H,2,7H2,1H3. The van der Waals surface area contributed by atoms with E-state index < -0.39 is 0 Å². The Bertz CT molecular complexity index is 498. The lowest BCUT2D eigenvalue weighted by molar-refractivity contribution is 0.539. The molecule has 1 N–H and O–H groups in total. The summed E-state index contributed by atoms with van der Waals surface area (Å²) in [5.41, 5.74) is 1.03. The average Bonchev–Trinajstić information content (AvgIpc) is 2.76. The van der Waals surface area contributed by atoms with E-state index in [9.17, 15) is 0 Å². The molecule has 0 saturated heterocycles. The first-order valence-electron chi connectivity index (χ1n) is 5.77. The molecule has 0 radical (unpaired) electrons. The topological polar surface area (TPSA) is 24.9 Å². The molecule has 0 aromatic carbocycles. The fourth-order valence-electron chi connectivity index (χ4n) is 1.78. The highest BCUT2D eigenvalue weighted by molar-refractivity contribution is 9.10. The quantitative estimate of drug-likeness (QED) is 0.866. The summed E-state index contributed by atoms with van der Waals surface area (Å²) in [5.74, 6) is 0. The van der Waals surface area contributed by atoms with Crippen LogP contribution in [0.1, 0.15) is 23.5 Å². The van der Waals surface area contributed by atoms with Gasteiger partial charge in [0.05, 0.1) is 16.8 Å². The summed E-state index contributed by atoms with van der Waals surface area (Å²) in [6.45, 7) is 3.02. The molecular weight excluding hydrogens is 332 g/mol. The summed E-state index contributed by atoms with van der Waals surface area (Å²) in [4.78, 5) is 5.73. The smallest absolute Gasteiger partial charge is 0.0589 e. The molecule has 2 nitrogen and oxygen atoms in total. The monoisotopic (exact) mass is 344 g/mol. The van der Waals surface area contributed by atoms with Gasteiger partial charge in [-0.1, -0.05) is 18.5 Å². The molecule has 18 heavy (non-hydrogen) atoms. The van der Waals surface area contributed by atoms with Gasteiger partial charge < -0.3 is 5.32 Å². The third-order valence-corrected chi connectivity index (χ3v) is 4.81. The number of nitrogens with zero attached hydrogens (tertiary/aromatic N) is 1. The van der Waals surface area contributed by atoms with Crippen LogP contribution >= 0.6 is 38.9 Å². The molecule has 1 atom stereocenters. The Morgan fingerprint density at radius 2 is 2.28 bits per heavy atom. The zero-order valence-corrected chi connectivity index (χ0v) is 13.1. The summed E-state index contributed by atoms with van der Waals surface area (Å²) in [7, 11) is 0. The van der Waals surface area contributed by atoms with Crippen LogP contribution in [0.25, 0.3) is 0 Å². The van der Waals surface area contributed by atoms with Gasteiger partial charge in [-0.15, -0.1) is 11.3 Å². The van der Waals surface area contributed by atoms with Gasteiger partial charge >= 0.3 is 0 Å². The first kappa shape index (κ1) is 14.0. The zero-order valence-electron chi connectivity index (χ0n) is 9.99. The Morgan fingerprint density at radius 1 is 1.44 bits per heavy atom. The van der Waals surface area contributed by atoms with Crippen molar-refractivity contribution in [1.82, 2.24) is 10.3 Å². The Labute approximate surface area is 125 Å². The molecule has 2 rings (SSSR count). The molecular formula is C13H14BrClN2S. The molecule has 0 saturated carbocycles. The van der Waals surface area contributed by atoms with Crippen molar-refractivity contribution in [2.24, 2.45) is 0 Å². The van der Waals surface area contributed by atoms with Crippen molar-refractivity contribution in [1.29, 1.82) is 0 Å². The normalized spacial score (nSPS) is 12.6. The van der Waals surface area contributed by atoms with E-state index in [0.29, 0.717) is 5.02 Å². The molecule has 2 aromatic rings. The molecule has 0 amide bonds. The summed E-state index contributed by atoms with van der Waals surface area (Å²) in [6.07, 6.45) is 2.63. The van der Waals surface area contributed by atoms with Crippen LogP contribution in [0, 0.1) is 0 Å². The van der Waals surface area contributed by atoms with E-state index in [1.807, 2.05) is 12.1 Å². The van der Waals surface area contributed by atoms with Crippen molar-refractivity contribution in [3.63, 3.8) is 0 Å². The van der Waals surface area contributed by atoms with Crippen LogP contribution in [-0.4, -0.2) is 11.5 Å². The second-order valence-electron chi connectivity index (χ2n) is 3.91. The lowest BCUT2D eigenvalue weighted by Crippen LogP contribution is -2.23. The van der Waals surface area contributed by atoms with E-state index in [1.54, 1.807) is 17.5 Å². The Balaban J connectivity index is 2.18. The van der Waals surface area contributed by atoms with Crippen LogP contribution in [0.5, 0.6) is 0 Å². The van der Waals surface area contributed by atoms with Crippen molar-refractivity contribution in [3.8, 4) is 0 Å². The fourth-order valence-corrected chi connectivity index (χ4v) is 3.45. The molecule has 2 heterocycles. The molecule has 96 valence electrons.